The molecule has 242 valence electrons. The number of allylic oxidation sites excluding steroid dienone is 3. The van der Waals surface area contributed by atoms with E-state index < -0.39 is 0 Å². The van der Waals surface area contributed by atoms with Gasteiger partial charge in [0.05, 0.1) is 45.1 Å². The fourth-order valence-corrected chi connectivity index (χ4v) is 7.18. The van der Waals surface area contributed by atoms with E-state index in [2.05, 4.69) is 166 Å². The molecule has 0 N–H and O–H groups in total. The molecule has 2 heterocycles. The number of nitrogens with zero attached hydrogens (tertiary/aromatic N) is 4. The number of rotatable bonds is 5. The molecule has 5 aromatic carbocycles. The van der Waals surface area contributed by atoms with Crippen molar-refractivity contribution in [3.8, 4) is 17.4 Å². The average molecular weight is 639 g/mol. The molecule has 0 saturated carbocycles. The Balaban J connectivity index is 1.68. The summed E-state index contributed by atoms with van der Waals surface area (Å²) in [5.41, 5.74) is 11.4. The molecule has 0 aliphatic carbocycles. The molecular formula is C45H42N4. The van der Waals surface area contributed by atoms with Gasteiger partial charge in [-0.3, -0.25) is 4.99 Å². The summed E-state index contributed by atoms with van der Waals surface area (Å²) in [5.74, 6) is 0. The van der Waals surface area contributed by atoms with Crippen molar-refractivity contribution in [2.75, 3.05) is 0 Å². The molecule has 0 radical (unpaired) electrons. The molecule has 0 bridgehead atoms. The molecule has 2 aromatic heterocycles. The molecule has 0 amide bonds. The maximum absolute atomic E-state index is 10.6. The number of nitriles is 1. The van der Waals surface area contributed by atoms with Gasteiger partial charge in [0, 0.05) is 33.3 Å². The quantitative estimate of drug-likeness (QED) is 0.137. The predicted molar refractivity (Wildman–Crippen MR) is 210 cm³/mol. The number of fused-ring (bicyclic) bond motifs is 6. The average Bonchev–Trinajstić information content (AvgIpc) is 3.60. The Bertz CT molecular complexity index is 2390. The third-order valence-electron chi connectivity index (χ3n) is 9.74. The molecule has 4 heteroatoms. The first-order valence-electron chi connectivity index (χ1n) is 16.9. The second-order valence-corrected chi connectivity index (χ2v) is 14.9. The van der Waals surface area contributed by atoms with E-state index in [4.69, 9.17) is 0 Å². The molecule has 4 nitrogen and oxygen atoms in total. The van der Waals surface area contributed by atoms with Crippen LogP contribution in [-0.2, 0) is 10.8 Å². The highest BCUT2D eigenvalue weighted by Gasteiger charge is 2.25. The first-order valence-corrected chi connectivity index (χ1v) is 16.9. The van der Waals surface area contributed by atoms with Crippen LogP contribution in [0, 0.1) is 11.3 Å². The summed E-state index contributed by atoms with van der Waals surface area (Å²) in [6.07, 6.45) is 5.87. The van der Waals surface area contributed by atoms with E-state index in [0.29, 0.717) is 5.56 Å². The first-order chi connectivity index (χ1) is 23.5. The Morgan fingerprint density at radius 1 is 0.653 bits per heavy atom. The second-order valence-electron chi connectivity index (χ2n) is 14.9. The molecule has 0 fully saturated rings. The fraction of sp³-hybridized carbons (Fsp3) is 0.200. The van der Waals surface area contributed by atoms with Crippen LogP contribution in [-0.4, -0.2) is 15.9 Å². The van der Waals surface area contributed by atoms with Crippen LogP contribution >= 0.6 is 0 Å². The van der Waals surface area contributed by atoms with Gasteiger partial charge in [-0.05, 0) is 95.8 Å². The van der Waals surface area contributed by atoms with E-state index in [9.17, 15) is 5.26 Å². The van der Waals surface area contributed by atoms with Crippen molar-refractivity contribution in [3.05, 3.63) is 138 Å². The van der Waals surface area contributed by atoms with Gasteiger partial charge < -0.3 is 9.13 Å². The highest BCUT2D eigenvalue weighted by molar-refractivity contribution is 6.12. The smallest absolute Gasteiger partial charge is 0.0993 e. The van der Waals surface area contributed by atoms with Crippen molar-refractivity contribution in [2.45, 2.75) is 59.3 Å². The monoisotopic (exact) mass is 638 g/mol. The van der Waals surface area contributed by atoms with Gasteiger partial charge in [0.2, 0.25) is 0 Å². The van der Waals surface area contributed by atoms with E-state index in [1.165, 1.54) is 32.7 Å². The molecule has 49 heavy (non-hydrogen) atoms. The Labute approximate surface area is 288 Å². The van der Waals surface area contributed by atoms with Gasteiger partial charge in [-0.15, -0.1) is 0 Å². The summed E-state index contributed by atoms with van der Waals surface area (Å²) >= 11 is 0. The van der Waals surface area contributed by atoms with E-state index in [1.807, 2.05) is 18.2 Å². The Morgan fingerprint density at radius 2 is 1.10 bits per heavy atom. The van der Waals surface area contributed by atoms with Crippen LogP contribution in [0.25, 0.3) is 60.6 Å². The summed E-state index contributed by atoms with van der Waals surface area (Å²) in [7, 11) is 0. The lowest BCUT2D eigenvalue weighted by Crippen LogP contribution is -2.11. The molecule has 0 atom stereocenters. The van der Waals surface area contributed by atoms with Gasteiger partial charge >= 0.3 is 0 Å². The molecule has 0 spiro atoms. The van der Waals surface area contributed by atoms with Crippen molar-refractivity contribution >= 4 is 55.9 Å². The van der Waals surface area contributed by atoms with Crippen LogP contribution < -0.4 is 0 Å². The van der Waals surface area contributed by atoms with Gasteiger partial charge in [-0.2, -0.15) is 5.26 Å². The lowest BCUT2D eigenvalue weighted by molar-refractivity contribution is 0.591. The lowest BCUT2D eigenvalue weighted by atomic mass is 9.86. The maximum Gasteiger partial charge on any atom is 0.0993 e. The summed E-state index contributed by atoms with van der Waals surface area (Å²) in [6, 6.07) is 37.4. The third-order valence-corrected chi connectivity index (χ3v) is 9.74. The van der Waals surface area contributed by atoms with Crippen LogP contribution in [0.4, 0.5) is 0 Å². The summed E-state index contributed by atoms with van der Waals surface area (Å²) in [6.45, 7) is 19.3. The minimum Gasteiger partial charge on any atom is -0.308 e. The Morgan fingerprint density at radius 3 is 1.51 bits per heavy atom. The normalized spacial score (nSPS) is 12.9. The van der Waals surface area contributed by atoms with Crippen molar-refractivity contribution in [1.29, 1.82) is 5.26 Å². The van der Waals surface area contributed by atoms with E-state index in [0.717, 1.165) is 44.6 Å². The summed E-state index contributed by atoms with van der Waals surface area (Å²) in [5, 5.41) is 15.3. The van der Waals surface area contributed by atoms with Crippen molar-refractivity contribution in [1.82, 2.24) is 9.13 Å². The fourth-order valence-electron chi connectivity index (χ4n) is 7.18. The van der Waals surface area contributed by atoms with Crippen LogP contribution in [0.2, 0.25) is 0 Å². The van der Waals surface area contributed by atoms with Gasteiger partial charge in [0.15, 0.2) is 0 Å². The van der Waals surface area contributed by atoms with Crippen molar-refractivity contribution < 1.29 is 0 Å². The van der Waals surface area contributed by atoms with Crippen LogP contribution in [0.3, 0.4) is 0 Å². The first kappa shape index (κ1) is 31.9. The minimum absolute atomic E-state index is 0.000436. The van der Waals surface area contributed by atoms with Gasteiger partial charge in [0.25, 0.3) is 0 Å². The number of para-hydroxylation sites is 2. The summed E-state index contributed by atoms with van der Waals surface area (Å²) < 4.78 is 4.67. The number of aromatic nitrogens is 2. The van der Waals surface area contributed by atoms with Crippen LogP contribution in [0.15, 0.2) is 120 Å². The zero-order chi connectivity index (χ0) is 34.7. The predicted octanol–water partition coefficient (Wildman–Crippen LogP) is 12.0. The van der Waals surface area contributed by atoms with E-state index in [1.54, 1.807) is 6.20 Å². The molecule has 7 aromatic rings. The lowest BCUT2D eigenvalue weighted by Gasteiger charge is -2.22. The maximum atomic E-state index is 10.6. The zero-order valence-electron chi connectivity index (χ0n) is 29.5. The summed E-state index contributed by atoms with van der Waals surface area (Å²) in [4.78, 5) is 4.10. The highest BCUT2D eigenvalue weighted by atomic mass is 15.0. The van der Waals surface area contributed by atoms with Gasteiger partial charge in [-0.25, -0.2) is 0 Å². The molecule has 0 unspecified atom stereocenters. The largest absolute Gasteiger partial charge is 0.308 e. The number of hydrogen-bond acceptors (Lipinski definition) is 2. The van der Waals surface area contributed by atoms with Gasteiger partial charge in [-0.1, -0.05) is 96.1 Å². The van der Waals surface area contributed by atoms with E-state index >= 15 is 0 Å². The number of benzene rings is 5. The standard InChI is InChI=1S/C45H42N4/c1-9-30(22-23-47-8)43-41(48-37-16-12-10-14-33(37)35-26-31(44(2,3)4)18-20-39(35)48)24-29(28-46)25-42(43)49-38-17-13-11-15-34(38)36-27-32(45(5,6)7)19-21-40(36)49/h9-27H,8H2,1-7H3/b23-22-,30-9+. The van der Waals surface area contributed by atoms with E-state index in [-0.39, 0.29) is 10.8 Å². The topological polar surface area (TPSA) is 46.0 Å². The van der Waals surface area contributed by atoms with Crippen molar-refractivity contribution in [3.63, 3.8) is 0 Å². The molecule has 0 aliphatic heterocycles. The second kappa shape index (κ2) is 11.8. The minimum atomic E-state index is 0.000436. The zero-order valence-corrected chi connectivity index (χ0v) is 29.5. The Kier molecular flexibility index (Phi) is 7.68. The van der Waals surface area contributed by atoms with Crippen LogP contribution in [0.5, 0.6) is 0 Å². The van der Waals surface area contributed by atoms with Gasteiger partial charge in [0.1, 0.15) is 0 Å². The molecule has 0 saturated heterocycles. The SMILES string of the molecule is C=N/C=C\C(=C/C)c1c(-n2c3ccccc3c3cc(C(C)(C)C)ccc32)cc(C#N)cc1-n1c2ccccc2c2cc(C(C)(C)C)ccc21. The third kappa shape index (κ3) is 5.27. The molecule has 0 aliphatic rings. The molecular weight excluding hydrogens is 597 g/mol. The van der Waals surface area contributed by atoms with Crippen molar-refractivity contribution in [2.24, 2.45) is 4.99 Å². The number of hydrogen-bond donors (Lipinski definition) is 0. The molecule has 7 rings (SSSR count). The number of aliphatic imine (C=N–C) groups is 1. The Hall–Kier alpha value is -5.66. The highest BCUT2D eigenvalue weighted by Crippen LogP contribution is 2.42. The van der Waals surface area contributed by atoms with Crippen LogP contribution in [0.1, 0.15) is 70.7 Å².